The number of aliphatic imine (C=N–C) groups is 1. The Bertz CT molecular complexity index is 673. The molecule has 0 amide bonds. The van der Waals surface area contributed by atoms with Crippen LogP contribution in [0.4, 0.5) is 5.00 Å². The molecule has 0 spiro atoms. The first-order valence-corrected chi connectivity index (χ1v) is 11.4. The number of hydrogen-bond acceptors (Lipinski definition) is 5. The van der Waals surface area contributed by atoms with Crippen LogP contribution in [-0.4, -0.2) is 81.7 Å². The molecule has 3 heterocycles. The second-order valence-corrected chi connectivity index (χ2v) is 9.24. The van der Waals surface area contributed by atoms with Crippen molar-refractivity contribution in [1.29, 1.82) is 0 Å². The number of anilines is 1. The molecule has 10 heteroatoms. The molecule has 0 aliphatic carbocycles. The zero-order valence-electron chi connectivity index (χ0n) is 15.1. The van der Waals surface area contributed by atoms with Crippen molar-refractivity contribution in [2.45, 2.75) is 13.3 Å². The minimum absolute atomic E-state index is 0. The van der Waals surface area contributed by atoms with Crippen molar-refractivity contribution in [2.24, 2.45) is 4.99 Å². The molecular formula is C16H28IN5O2S2. The first-order chi connectivity index (χ1) is 12.1. The lowest BCUT2D eigenvalue weighted by molar-refractivity contribution is 0.372. The molecule has 7 nitrogen and oxygen atoms in total. The molecule has 1 N–H and O–H groups in total. The number of sulfonamides is 1. The molecule has 3 rings (SSSR count). The van der Waals surface area contributed by atoms with Gasteiger partial charge in [0.05, 0.1) is 17.3 Å². The maximum absolute atomic E-state index is 11.9. The number of rotatable bonds is 5. The summed E-state index contributed by atoms with van der Waals surface area (Å²) in [7, 11) is -3.03. The van der Waals surface area contributed by atoms with Gasteiger partial charge in [0.25, 0.3) is 0 Å². The normalized spacial score (nSPS) is 20.9. The fourth-order valence-electron chi connectivity index (χ4n) is 3.22. The highest BCUT2D eigenvalue weighted by molar-refractivity contribution is 14.0. The van der Waals surface area contributed by atoms with Crippen molar-refractivity contribution in [1.82, 2.24) is 14.5 Å². The monoisotopic (exact) mass is 513 g/mol. The summed E-state index contributed by atoms with van der Waals surface area (Å²) >= 11 is 1.78. The van der Waals surface area contributed by atoms with Crippen molar-refractivity contribution in [3.8, 4) is 0 Å². The topological polar surface area (TPSA) is 68.2 Å². The van der Waals surface area contributed by atoms with Gasteiger partial charge >= 0.3 is 0 Å². The van der Waals surface area contributed by atoms with E-state index in [9.17, 15) is 8.42 Å². The Hall–Kier alpha value is -0.590. The first-order valence-electron chi connectivity index (χ1n) is 8.89. The fourth-order valence-corrected chi connectivity index (χ4v) is 5.53. The molecule has 26 heavy (non-hydrogen) atoms. The van der Waals surface area contributed by atoms with Crippen LogP contribution >= 0.6 is 35.3 Å². The molecule has 0 atom stereocenters. The van der Waals surface area contributed by atoms with Crippen LogP contribution in [0.15, 0.2) is 22.5 Å². The van der Waals surface area contributed by atoms with E-state index in [4.69, 9.17) is 0 Å². The molecule has 0 bridgehead atoms. The molecular weight excluding hydrogens is 485 g/mol. The minimum Gasteiger partial charge on any atom is -0.360 e. The Morgan fingerprint density at radius 3 is 2.62 bits per heavy atom. The molecule has 2 fully saturated rings. The Balaban J connectivity index is 0.00000243. The van der Waals surface area contributed by atoms with Gasteiger partial charge in [-0.1, -0.05) is 0 Å². The van der Waals surface area contributed by atoms with E-state index < -0.39 is 10.0 Å². The predicted octanol–water partition coefficient (Wildman–Crippen LogP) is 1.49. The maximum atomic E-state index is 11.9. The van der Waals surface area contributed by atoms with E-state index in [1.165, 1.54) is 5.00 Å². The van der Waals surface area contributed by atoms with Crippen LogP contribution in [0, 0.1) is 0 Å². The summed E-state index contributed by atoms with van der Waals surface area (Å²) in [5.74, 6) is 1.17. The molecule has 1 aromatic heterocycles. The lowest BCUT2D eigenvalue weighted by atomic mass is 10.3. The number of thiophene rings is 1. The molecule has 2 aliphatic rings. The van der Waals surface area contributed by atoms with Crippen molar-refractivity contribution in [3.05, 3.63) is 17.5 Å². The summed E-state index contributed by atoms with van der Waals surface area (Å²) in [5.41, 5.74) is 0. The summed E-state index contributed by atoms with van der Waals surface area (Å²) in [6, 6.07) is 4.25. The average molecular weight is 513 g/mol. The number of piperazine rings is 1. The van der Waals surface area contributed by atoms with Crippen molar-refractivity contribution in [3.63, 3.8) is 0 Å². The number of nitrogens with zero attached hydrogens (tertiary/aromatic N) is 4. The zero-order chi connectivity index (χ0) is 17.7. The highest BCUT2D eigenvalue weighted by Crippen LogP contribution is 2.22. The van der Waals surface area contributed by atoms with Crippen LogP contribution in [0.3, 0.4) is 0 Å². The van der Waals surface area contributed by atoms with Crippen LogP contribution in [0.1, 0.15) is 13.3 Å². The second kappa shape index (κ2) is 10.1. The van der Waals surface area contributed by atoms with Gasteiger partial charge in [0, 0.05) is 45.8 Å². The van der Waals surface area contributed by atoms with Crippen molar-refractivity contribution in [2.75, 3.05) is 63.0 Å². The molecule has 148 valence electrons. The third-order valence-electron chi connectivity index (χ3n) is 4.55. The number of hydrogen-bond donors (Lipinski definition) is 1. The number of guanidine groups is 1. The largest absolute Gasteiger partial charge is 0.360 e. The van der Waals surface area contributed by atoms with Crippen LogP contribution in [0.5, 0.6) is 0 Å². The molecule has 0 radical (unpaired) electrons. The molecule has 0 aromatic carbocycles. The summed E-state index contributed by atoms with van der Waals surface area (Å²) < 4.78 is 25.3. The van der Waals surface area contributed by atoms with Crippen LogP contribution in [0.25, 0.3) is 0 Å². The average Bonchev–Trinajstić information content (AvgIpc) is 3.24. The van der Waals surface area contributed by atoms with Gasteiger partial charge in [-0.15, -0.1) is 35.3 Å². The summed E-state index contributed by atoms with van der Waals surface area (Å²) in [6.07, 6.45) is 0.733. The highest BCUT2D eigenvalue weighted by atomic mass is 127. The van der Waals surface area contributed by atoms with Gasteiger partial charge in [-0.2, -0.15) is 0 Å². The fraction of sp³-hybridized carbons (Fsp3) is 0.688. The predicted molar refractivity (Wildman–Crippen MR) is 119 cm³/mol. The van der Waals surface area contributed by atoms with Gasteiger partial charge in [0.1, 0.15) is 0 Å². The smallest absolute Gasteiger partial charge is 0.214 e. The van der Waals surface area contributed by atoms with Gasteiger partial charge in [-0.25, -0.2) is 12.7 Å². The quantitative estimate of drug-likeness (QED) is 0.367. The Morgan fingerprint density at radius 1 is 1.27 bits per heavy atom. The standard InChI is InChI=1S/C16H27N5O2S2.HI/c1-2-17-16(18-6-8-21-7-4-14-25(21,22)23)20-11-9-19(10-12-20)15-5-3-13-24-15;/h3,5,13H,2,4,6-12,14H2,1H3,(H,17,18);1H. The third-order valence-corrected chi connectivity index (χ3v) is 7.43. The van der Waals surface area contributed by atoms with Crippen LogP contribution in [0.2, 0.25) is 0 Å². The third kappa shape index (κ3) is 5.46. The van der Waals surface area contributed by atoms with E-state index in [1.807, 2.05) is 0 Å². The van der Waals surface area contributed by atoms with E-state index >= 15 is 0 Å². The van der Waals surface area contributed by atoms with E-state index in [2.05, 4.69) is 44.5 Å². The highest BCUT2D eigenvalue weighted by Gasteiger charge is 2.27. The van der Waals surface area contributed by atoms with Crippen LogP contribution < -0.4 is 10.2 Å². The molecule has 2 aliphatic heterocycles. The zero-order valence-corrected chi connectivity index (χ0v) is 19.1. The van der Waals surface area contributed by atoms with Crippen LogP contribution in [-0.2, 0) is 10.0 Å². The minimum atomic E-state index is -3.03. The van der Waals surface area contributed by atoms with E-state index in [0.29, 0.717) is 19.6 Å². The van der Waals surface area contributed by atoms with E-state index in [0.717, 1.165) is 45.1 Å². The summed E-state index contributed by atoms with van der Waals surface area (Å²) in [6.45, 7) is 8.29. The number of nitrogens with one attached hydrogen (secondary N) is 1. The Morgan fingerprint density at radius 2 is 2.04 bits per heavy atom. The van der Waals surface area contributed by atoms with Gasteiger partial charge in [-0.3, -0.25) is 4.99 Å². The summed E-state index contributed by atoms with van der Waals surface area (Å²) in [5, 5.41) is 6.77. The van der Waals surface area contributed by atoms with Crippen molar-refractivity contribution >= 4 is 56.3 Å². The van der Waals surface area contributed by atoms with Gasteiger partial charge < -0.3 is 15.1 Å². The van der Waals surface area contributed by atoms with E-state index in [1.54, 1.807) is 15.6 Å². The van der Waals surface area contributed by atoms with Gasteiger partial charge in [-0.05, 0) is 30.9 Å². The first kappa shape index (κ1) is 21.7. The molecule has 1 aromatic rings. The maximum Gasteiger partial charge on any atom is 0.214 e. The molecule has 0 unspecified atom stereocenters. The molecule has 2 saturated heterocycles. The molecule has 0 saturated carbocycles. The van der Waals surface area contributed by atoms with Crippen molar-refractivity contribution < 1.29 is 8.42 Å². The Kier molecular flexibility index (Phi) is 8.42. The SMILES string of the molecule is CCNC(=NCCN1CCCS1(=O)=O)N1CCN(c2cccs2)CC1.I. The van der Waals surface area contributed by atoms with Gasteiger partial charge in [0.15, 0.2) is 5.96 Å². The summed E-state index contributed by atoms with van der Waals surface area (Å²) in [4.78, 5) is 9.34. The van der Waals surface area contributed by atoms with E-state index in [-0.39, 0.29) is 29.7 Å². The van der Waals surface area contributed by atoms with Gasteiger partial charge in [0.2, 0.25) is 10.0 Å². The Labute approximate surface area is 177 Å². The number of halogens is 1. The lowest BCUT2D eigenvalue weighted by Gasteiger charge is -2.37. The second-order valence-electron chi connectivity index (χ2n) is 6.23. The lowest BCUT2D eigenvalue weighted by Crippen LogP contribution is -2.52.